The van der Waals surface area contributed by atoms with Crippen molar-refractivity contribution in [3.05, 3.63) is 65.5 Å². The van der Waals surface area contributed by atoms with Crippen molar-refractivity contribution in [1.29, 1.82) is 0 Å². The van der Waals surface area contributed by atoms with Gasteiger partial charge in [0.25, 0.3) is 0 Å². The van der Waals surface area contributed by atoms with Crippen LogP contribution in [0.4, 0.5) is 23.1 Å². The first-order valence-electron chi connectivity index (χ1n) is 12.0. The molecule has 0 bridgehead atoms. The fourth-order valence-electron chi connectivity index (χ4n) is 4.57. The van der Waals surface area contributed by atoms with E-state index in [0.717, 1.165) is 66.9 Å². The minimum absolute atomic E-state index is 0.193. The summed E-state index contributed by atoms with van der Waals surface area (Å²) in [7, 11) is 3.50. The van der Waals surface area contributed by atoms with Gasteiger partial charge in [-0.2, -0.15) is 4.98 Å². The van der Waals surface area contributed by atoms with Crippen molar-refractivity contribution in [2.45, 2.75) is 19.3 Å². The SMILES string of the molecule is C=C(/C=C\C(=C)NC)CN1CC(C)(C)c2c(Cl)nc(Nc3ccc(N4CCOCC4)cc3OC)nc21. The smallest absolute Gasteiger partial charge is 0.230 e. The zero-order valence-electron chi connectivity index (χ0n) is 21.5. The number of fused-ring (bicyclic) bond motifs is 1. The van der Waals surface area contributed by atoms with Crippen LogP contribution in [0.5, 0.6) is 5.75 Å². The van der Waals surface area contributed by atoms with Gasteiger partial charge in [-0.15, -0.1) is 0 Å². The predicted octanol–water partition coefficient (Wildman–Crippen LogP) is 4.66. The zero-order chi connectivity index (χ0) is 25.9. The third-order valence-electron chi connectivity index (χ3n) is 6.45. The molecule has 0 amide bonds. The van der Waals surface area contributed by atoms with Crippen LogP contribution in [0.15, 0.2) is 54.8 Å². The monoisotopic (exact) mass is 510 g/mol. The average Bonchev–Trinajstić information content (AvgIpc) is 3.12. The van der Waals surface area contributed by atoms with Crippen LogP contribution in [0.2, 0.25) is 5.15 Å². The summed E-state index contributed by atoms with van der Waals surface area (Å²) in [4.78, 5) is 13.9. The highest BCUT2D eigenvalue weighted by molar-refractivity contribution is 6.30. The fourth-order valence-corrected chi connectivity index (χ4v) is 4.99. The van der Waals surface area contributed by atoms with Gasteiger partial charge >= 0.3 is 0 Å². The standard InChI is InChI=1S/C27H35ClN6O2/c1-18(7-8-19(2)29-5)16-34-17-27(3,4)23-24(28)31-26(32-25(23)34)30-21-10-9-20(15-22(21)35-6)33-11-13-36-14-12-33/h7-10,15,29H,1-2,11-14,16-17H2,3-6H3,(H,30,31,32)/b8-7-. The number of anilines is 4. The molecule has 9 heteroatoms. The van der Waals surface area contributed by atoms with Crippen LogP contribution in [0.3, 0.4) is 0 Å². The number of methoxy groups -OCH3 is 1. The maximum atomic E-state index is 6.73. The second-order valence-electron chi connectivity index (χ2n) is 9.65. The third-order valence-corrected chi connectivity index (χ3v) is 6.72. The predicted molar refractivity (Wildman–Crippen MR) is 148 cm³/mol. The largest absolute Gasteiger partial charge is 0.494 e. The van der Waals surface area contributed by atoms with Crippen molar-refractivity contribution in [3.63, 3.8) is 0 Å². The number of benzene rings is 1. The van der Waals surface area contributed by atoms with E-state index in [9.17, 15) is 0 Å². The number of hydrogen-bond donors (Lipinski definition) is 2. The van der Waals surface area contributed by atoms with Crippen molar-refractivity contribution in [2.75, 3.05) is 68.7 Å². The molecule has 1 saturated heterocycles. The molecule has 2 aliphatic rings. The first-order valence-corrected chi connectivity index (χ1v) is 12.4. The number of rotatable bonds is 9. The number of hydrogen-bond acceptors (Lipinski definition) is 8. The van der Waals surface area contributed by atoms with Gasteiger partial charge in [-0.05, 0) is 23.8 Å². The number of nitrogens with one attached hydrogen (secondary N) is 2. The molecule has 0 unspecified atom stereocenters. The molecular formula is C27H35ClN6O2. The maximum absolute atomic E-state index is 6.73. The molecule has 0 spiro atoms. The van der Waals surface area contributed by atoms with E-state index < -0.39 is 0 Å². The summed E-state index contributed by atoms with van der Waals surface area (Å²) in [6, 6.07) is 6.07. The number of nitrogens with zero attached hydrogens (tertiary/aromatic N) is 4. The summed E-state index contributed by atoms with van der Waals surface area (Å²) in [6.07, 6.45) is 3.88. The molecule has 1 fully saturated rings. The van der Waals surface area contributed by atoms with Gasteiger partial charge in [-0.1, -0.05) is 44.7 Å². The van der Waals surface area contributed by atoms with Crippen molar-refractivity contribution in [3.8, 4) is 5.75 Å². The van der Waals surface area contributed by atoms with E-state index in [2.05, 4.69) is 58.5 Å². The summed E-state index contributed by atoms with van der Waals surface area (Å²) < 4.78 is 11.2. The minimum atomic E-state index is -0.193. The van der Waals surface area contributed by atoms with Gasteiger partial charge in [0.1, 0.15) is 16.7 Å². The normalized spacial score (nSPS) is 16.7. The molecule has 0 saturated carbocycles. The molecular weight excluding hydrogens is 476 g/mol. The topological polar surface area (TPSA) is 74.8 Å². The lowest BCUT2D eigenvalue weighted by molar-refractivity contribution is 0.122. The molecule has 0 radical (unpaired) electrons. The van der Waals surface area contributed by atoms with Gasteiger partial charge in [0, 0.05) is 61.7 Å². The van der Waals surface area contributed by atoms with Gasteiger partial charge in [0.05, 0.1) is 26.0 Å². The van der Waals surface area contributed by atoms with Gasteiger partial charge in [0.15, 0.2) is 0 Å². The van der Waals surface area contributed by atoms with Crippen LogP contribution in [0, 0.1) is 0 Å². The lowest BCUT2D eigenvalue weighted by Crippen LogP contribution is -2.36. The van der Waals surface area contributed by atoms with E-state index in [-0.39, 0.29) is 5.41 Å². The van der Waals surface area contributed by atoms with Crippen LogP contribution in [-0.2, 0) is 10.2 Å². The number of aromatic nitrogens is 2. The highest BCUT2D eigenvalue weighted by atomic mass is 35.5. The molecule has 1 aromatic heterocycles. The van der Waals surface area contributed by atoms with Gasteiger partial charge < -0.3 is 29.9 Å². The molecule has 0 aliphatic carbocycles. The van der Waals surface area contributed by atoms with Gasteiger partial charge in [-0.3, -0.25) is 0 Å². The number of halogens is 1. The summed E-state index contributed by atoms with van der Waals surface area (Å²) in [5, 5.41) is 6.77. The zero-order valence-corrected chi connectivity index (χ0v) is 22.3. The quantitative estimate of drug-likeness (QED) is 0.372. The van der Waals surface area contributed by atoms with E-state index in [1.807, 2.05) is 31.3 Å². The number of allylic oxidation sites excluding steroid dienone is 1. The Kier molecular flexibility index (Phi) is 7.76. The lowest BCUT2D eigenvalue weighted by Gasteiger charge is -2.29. The first kappa shape index (κ1) is 25.9. The maximum Gasteiger partial charge on any atom is 0.230 e. The Hall–Kier alpha value is -3.23. The van der Waals surface area contributed by atoms with Crippen molar-refractivity contribution < 1.29 is 9.47 Å². The summed E-state index contributed by atoms with van der Waals surface area (Å²) in [5.74, 6) is 1.94. The van der Waals surface area contributed by atoms with Crippen LogP contribution < -0.4 is 25.2 Å². The number of likely N-dealkylation sites (N-methyl/N-ethyl adjacent to an activating group) is 1. The van der Waals surface area contributed by atoms with E-state index in [1.54, 1.807) is 7.11 Å². The van der Waals surface area contributed by atoms with E-state index in [0.29, 0.717) is 23.4 Å². The molecule has 4 rings (SSSR count). The third kappa shape index (κ3) is 5.60. The lowest BCUT2D eigenvalue weighted by atomic mass is 9.89. The molecule has 2 N–H and O–H groups in total. The highest BCUT2D eigenvalue weighted by Crippen LogP contribution is 2.44. The van der Waals surface area contributed by atoms with Gasteiger partial charge in [0.2, 0.25) is 5.95 Å². The van der Waals surface area contributed by atoms with Crippen LogP contribution in [-0.4, -0.2) is 63.5 Å². The first-order chi connectivity index (χ1) is 17.2. The molecule has 8 nitrogen and oxygen atoms in total. The second kappa shape index (κ2) is 10.8. The van der Waals surface area contributed by atoms with E-state index in [1.165, 1.54) is 0 Å². The molecule has 2 aromatic rings. The Morgan fingerprint density at radius 2 is 1.97 bits per heavy atom. The molecule has 3 heterocycles. The number of morpholine rings is 1. The Bertz CT molecular complexity index is 1170. The number of ether oxygens (including phenoxy) is 2. The summed E-state index contributed by atoms with van der Waals surface area (Å²) >= 11 is 6.73. The van der Waals surface area contributed by atoms with Crippen molar-refractivity contribution in [1.82, 2.24) is 15.3 Å². The Balaban J connectivity index is 1.59. The Morgan fingerprint density at radius 1 is 1.22 bits per heavy atom. The van der Waals surface area contributed by atoms with Crippen LogP contribution in [0.25, 0.3) is 0 Å². The second-order valence-corrected chi connectivity index (χ2v) is 10.0. The average molecular weight is 511 g/mol. The fraction of sp³-hybridized carbons (Fsp3) is 0.407. The highest BCUT2D eigenvalue weighted by Gasteiger charge is 2.39. The molecule has 2 aliphatic heterocycles. The summed E-state index contributed by atoms with van der Waals surface area (Å²) in [5.41, 5.74) is 4.38. The van der Waals surface area contributed by atoms with Crippen LogP contribution in [0.1, 0.15) is 19.4 Å². The minimum Gasteiger partial charge on any atom is -0.494 e. The molecule has 1 aromatic carbocycles. The van der Waals surface area contributed by atoms with E-state index >= 15 is 0 Å². The molecule has 0 atom stereocenters. The van der Waals surface area contributed by atoms with Crippen molar-refractivity contribution >= 4 is 34.7 Å². The summed E-state index contributed by atoms with van der Waals surface area (Å²) in [6.45, 7) is 17.0. The van der Waals surface area contributed by atoms with Gasteiger partial charge in [-0.25, -0.2) is 4.98 Å². The van der Waals surface area contributed by atoms with Crippen molar-refractivity contribution in [2.24, 2.45) is 0 Å². The van der Waals surface area contributed by atoms with Crippen LogP contribution >= 0.6 is 11.6 Å². The van der Waals surface area contributed by atoms with E-state index in [4.69, 9.17) is 26.1 Å². The molecule has 192 valence electrons. The molecule has 36 heavy (non-hydrogen) atoms. The Morgan fingerprint density at radius 3 is 2.67 bits per heavy atom. The Labute approximate surface area is 218 Å².